The molecule has 0 spiro atoms. The van der Waals surface area contributed by atoms with E-state index < -0.39 is 11.5 Å². The molecular formula is C21H32N2O3. The highest BCUT2D eigenvalue weighted by molar-refractivity contribution is 5.93. The first-order valence-corrected chi connectivity index (χ1v) is 9.03. The van der Waals surface area contributed by atoms with Crippen molar-refractivity contribution < 1.29 is 14.4 Å². The highest BCUT2D eigenvalue weighted by Gasteiger charge is 2.31. The minimum Gasteiger partial charge on any atom is -0.347 e. The van der Waals surface area contributed by atoms with E-state index in [4.69, 9.17) is 0 Å². The number of benzene rings is 1. The summed E-state index contributed by atoms with van der Waals surface area (Å²) in [5.74, 6) is -0.559. The summed E-state index contributed by atoms with van der Waals surface area (Å²) in [6.45, 7) is 11.3. The van der Waals surface area contributed by atoms with Crippen LogP contribution in [0.5, 0.6) is 0 Å². The Bertz CT molecular complexity index is 625. The van der Waals surface area contributed by atoms with Crippen molar-refractivity contribution in [2.24, 2.45) is 10.8 Å². The van der Waals surface area contributed by atoms with Crippen LogP contribution in [0.2, 0.25) is 0 Å². The second kappa shape index (κ2) is 8.97. The van der Waals surface area contributed by atoms with Gasteiger partial charge in [-0.3, -0.25) is 14.4 Å². The summed E-state index contributed by atoms with van der Waals surface area (Å²) < 4.78 is 0. The summed E-state index contributed by atoms with van der Waals surface area (Å²) in [7, 11) is 0. The molecule has 0 radical (unpaired) electrons. The molecule has 1 rings (SSSR count). The van der Waals surface area contributed by atoms with Gasteiger partial charge in [0.15, 0.2) is 5.78 Å². The molecule has 0 saturated carbocycles. The van der Waals surface area contributed by atoms with Crippen molar-refractivity contribution in [1.29, 1.82) is 0 Å². The number of Topliss-reactive ketones (excluding diaryl/α,β-unsaturated/α-hetero) is 1. The van der Waals surface area contributed by atoms with Gasteiger partial charge in [0.05, 0.1) is 12.6 Å². The van der Waals surface area contributed by atoms with Crippen LogP contribution in [0.4, 0.5) is 0 Å². The zero-order valence-electron chi connectivity index (χ0n) is 16.8. The topological polar surface area (TPSA) is 75.3 Å². The van der Waals surface area contributed by atoms with Crippen molar-refractivity contribution >= 4 is 17.6 Å². The smallest absolute Gasteiger partial charge is 0.239 e. The molecule has 0 bridgehead atoms. The van der Waals surface area contributed by atoms with Gasteiger partial charge in [-0.05, 0) is 17.4 Å². The molecule has 1 aromatic carbocycles. The summed E-state index contributed by atoms with van der Waals surface area (Å²) in [5.41, 5.74) is 0.271. The number of carbonyl (C=O) groups is 3. The first kappa shape index (κ1) is 21.9. The fraction of sp³-hybridized carbons (Fsp3) is 0.571. The highest BCUT2D eigenvalue weighted by atomic mass is 16.2. The Hall–Kier alpha value is -2.17. The van der Waals surface area contributed by atoms with Crippen molar-refractivity contribution in [3.05, 3.63) is 35.9 Å². The maximum absolute atomic E-state index is 12.7. The van der Waals surface area contributed by atoms with E-state index in [2.05, 4.69) is 10.6 Å². The Balaban J connectivity index is 2.71. The number of amides is 2. The van der Waals surface area contributed by atoms with Crippen LogP contribution in [-0.4, -0.2) is 30.2 Å². The molecule has 5 heteroatoms. The maximum atomic E-state index is 12.7. The summed E-state index contributed by atoms with van der Waals surface area (Å²) in [6.07, 6.45) is 0.771. The lowest BCUT2D eigenvalue weighted by Crippen LogP contribution is -2.49. The van der Waals surface area contributed by atoms with Crippen molar-refractivity contribution in [3.8, 4) is 0 Å². The van der Waals surface area contributed by atoms with Gasteiger partial charge in [-0.1, -0.05) is 71.9 Å². The number of rotatable bonds is 7. The third-order valence-corrected chi connectivity index (χ3v) is 3.81. The molecule has 0 fully saturated rings. The number of hydrogen-bond acceptors (Lipinski definition) is 3. The molecule has 0 aliphatic carbocycles. The van der Waals surface area contributed by atoms with Crippen LogP contribution in [0.3, 0.4) is 0 Å². The second-order valence-electron chi connectivity index (χ2n) is 8.94. The Labute approximate surface area is 156 Å². The van der Waals surface area contributed by atoms with Gasteiger partial charge in [0, 0.05) is 11.8 Å². The lowest BCUT2D eigenvalue weighted by molar-refractivity contribution is -0.132. The van der Waals surface area contributed by atoms with Gasteiger partial charge in [-0.15, -0.1) is 0 Å². The standard InChI is InChI=1S/C21H32N2O3/c1-20(2,3)13-17(24)22-14-18(25)23-16(19(26)21(4,5)6)12-15-10-8-7-9-11-15/h7-11,16H,12-14H2,1-6H3,(H,22,24)(H,23,25)/t16-/m0/s1. The van der Waals surface area contributed by atoms with E-state index in [1.165, 1.54) is 0 Å². The summed E-state index contributed by atoms with van der Waals surface area (Å²) in [6, 6.07) is 8.96. The number of nitrogens with one attached hydrogen (secondary N) is 2. The number of carbonyl (C=O) groups excluding carboxylic acids is 3. The van der Waals surface area contributed by atoms with E-state index in [0.29, 0.717) is 12.8 Å². The molecular weight excluding hydrogens is 328 g/mol. The van der Waals surface area contributed by atoms with Gasteiger partial charge in [0.2, 0.25) is 11.8 Å². The molecule has 0 aromatic heterocycles. The van der Waals surface area contributed by atoms with Crippen LogP contribution in [0.25, 0.3) is 0 Å². The average molecular weight is 360 g/mol. The normalized spacial score (nSPS) is 13.0. The molecule has 0 saturated heterocycles. The van der Waals surface area contributed by atoms with Crippen LogP contribution < -0.4 is 10.6 Å². The Kier molecular flexibility index (Phi) is 7.54. The number of hydrogen-bond donors (Lipinski definition) is 2. The molecule has 5 nitrogen and oxygen atoms in total. The van der Waals surface area contributed by atoms with Gasteiger partial charge >= 0.3 is 0 Å². The minimum absolute atomic E-state index is 0.0317. The first-order valence-electron chi connectivity index (χ1n) is 9.03. The third-order valence-electron chi connectivity index (χ3n) is 3.81. The van der Waals surface area contributed by atoms with E-state index >= 15 is 0 Å². The van der Waals surface area contributed by atoms with E-state index in [-0.39, 0.29) is 29.6 Å². The van der Waals surface area contributed by atoms with Gasteiger partial charge in [0.25, 0.3) is 0 Å². The molecule has 26 heavy (non-hydrogen) atoms. The van der Waals surface area contributed by atoms with Gasteiger partial charge in [-0.2, -0.15) is 0 Å². The zero-order valence-corrected chi connectivity index (χ0v) is 16.8. The third kappa shape index (κ3) is 8.28. The van der Waals surface area contributed by atoms with Crippen molar-refractivity contribution in [1.82, 2.24) is 10.6 Å². The fourth-order valence-corrected chi connectivity index (χ4v) is 2.55. The zero-order chi connectivity index (χ0) is 20.0. The van der Waals surface area contributed by atoms with E-state index in [9.17, 15) is 14.4 Å². The molecule has 0 heterocycles. The Morgan fingerprint density at radius 2 is 1.50 bits per heavy atom. The van der Waals surface area contributed by atoms with Crippen molar-refractivity contribution in [2.45, 2.75) is 60.4 Å². The molecule has 0 unspecified atom stereocenters. The van der Waals surface area contributed by atoms with Gasteiger partial charge < -0.3 is 10.6 Å². The summed E-state index contributed by atoms with van der Waals surface area (Å²) in [5, 5.41) is 5.41. The molecule has 1 aromatic rings. The fourth-order valence-electron chi connectivity index (χ4n) is 2.55. The molecule has 144 valence electrons. The summed E-state index contributed by atoms with van der Waals surface area (Å²) >= 11 is 0. The number of ketones is 1. The second-order valence-corrected chi connectivity index (χ2v) is 8.94. The van der Waals surface area contributed by atoms with E-state index in [1.54, 1.807) is 0 Å². The van der Waals surface area contributed by atoms with Crippen LogP contribution >= 0.6 is 0 Å². The maximum Gasteiger partial charge on any atom is 0.239 e. The molecule has 0 aliphatic heterocycles. The monoisotopic (exact) mass is 360 g/mol. The van der Waals surface area contributed by atoms with Gasteiger partial charge in [0.1, 0.15) is 0 Å². The predicted octanol–water partition coefficient (Wildman–Crippen LogP) is 2.88. The predicted molar refractivity (Wildman–Crippen MR) is 104 cm³/mol. The van der Waals surface area contributed by atoms with Crippen LogP contribution in [0.15, 0.2) is 30.3 Å². The quantitative estimate of drug-likeness (QED) is 0.785. The van der Waals surface area contributed by atoms with E-state index in [1.807, 2.05) is 71.9 Å². The van der Waals surface area contributed by atoms with Crippen LogP contribution in [-0.2, 0) is 20.8 Å². The Morgan fingerprint density at radius 1 is 0.923 bits per heavy atom. The molecule has 2 N–H and O–H groups in total. The lowest BCUT2D eigenvalue weighted by Gasteiger charge is -2.26. The largest absolute Gasteiger partial charge is 0.347 e. The van der Waals surface area contributed by atoms with Crippen LogP contribution in [0, 0.1) is 10.8 Å². The van der Waals surface area contributed by atoms with E-state index in [0.717, 1.165) is 5.56 Å². The van der Waals surface area contributed by atoms with Gasteiger partial charge in [-0.25, -0.2) is 0 Å². The average Bonchev–Trinajstić information content (AvgIpc) is 2.50. The Morgan fingerprint density at radius 3 is 2.00 bits per heavy atom. The SMILES string of the molecule is CC(C)(C)CC(=O)NCC(=O)N[C@@H](Cc1ccccc1)C(=O)C(C)(C)C. The van der Waals surface area contributed by atoms with Crippen molar-refractivity contribution in [3.63, 3.8) is 0 Å². The highest BCUT2D eigenvalue weighted by Crippen LogP contribution is 2.19. The van der Waals surface area contributed by atoms with Crippen molar-refractivity contribution in [2.75, 3.05) is 6.54 Å². The minimum atomic E-state index is -0.621. The lowest BCUT2D eigenvalue weighted by atomic mass is 9.84. The molecule has 2 amide bonds. The van der Waals surface area contributed by atoms with Crippen LogP contribution in [0.1, 0.15) is 53.5 Å². The molecule has 0 aliphatic rings. The molecule has 1 atom stereocenters. The first-order chi connectivity index (χ1) is 11.9. The summed E-state index contributed by atoms with van der Waals surface area (Å²) in [4.78, 5) is 36.9.